The van der Waals surface area contributed by atoms with Crippen molar-refractivity contribution in [2.45, 2.75) is 13.0 Å². The van der Waals surface area contributed by atoms with Gasteiger partial charge in [-0.25, -0.2) is 4.98 Å². The molecule has 0 radical (unpaired) electrons. The number of imidazole rings is 1. The summed E-state index contributed by atoms with van der Waals surface area (Å²) in [6, 6.07) is 7.96. The Morgan fingerprint density at radius 1 is 1.53 bits per heavy atom. The number of hydrogen-bond acceptors (Lipinski definition) is 3. The lowest BCUT2D eigenvalue weighted by Gasteiger charge is -2.09. The zero-order valence-corrected chi connectivity index (χ0v) is 10.9. The summed E-state index contributed by atoms with van der Waals surface area (Å²) in [4.78, 5) is 16.4. The first-order chi connectivity index (χ1) is 9.25. The van der Waals surface area contributed by atoms with Gasteiger partial charge >= 0.3 is 0 Å². The maximum absolute atomic E-state index is 11.9. The number of nitrogens with one attached hydrogen (secondary N) is 1. The normalized spacial score (nSPS) is 18.9. The molecule has 5 heteroatoms. The zero-order valence-electron chi connectivity index (χ0n) is 10.9. The van der Waals surface area contributed by atoms with Crippen LogP contribution in [-0.4, -0.2) is 28.7 Å². The number of amides is 1. The van der Waals surface area contributed by atoms with Gasteiger partial charge in [0.25, 0.3) is 0 Å². The van der Waals surface area contributed by atoms with E-state index in [0.717, 1.165) is 23.3 Å². The van der Waals surface area contributed by atoms with Gasteiger partial charge in [-0.15, -0.1) is 0 Å². The van der Waals surface area contributed by atoms with Crippen LogP contribution in [0, 0.1) is 5.92 Å². The Labute approximate surface area is 111 Å². The number of nitrogens with zero attached hydrogens (tertiary/aromatic N) is 2. The second-order valence-corrected chi connectivity index (χ2v) is 4.85. The molecule has 5 nitrogen and oxygen atoms in total. The number of hydrogen-bond donors (Lipinski definition) is 1. The standard InChI is InChI=1S/C14H17N3O2/c1-17-12-5-3-2-4-11(12)16-13(17)8-15-14(18)10-6-7-19-9-10/h2-5,10H,6-9H2,1H3,(H,15,18). The summed E-state index contributed by atoms with van der Waals surface area (Å²) >= 11 is 0. The number of fused-ring (bicyclic) bond motifs is 1. The van der Waals surface area contributed by atoms with Crippen LogP contribution in [0.25, 0.3) is 11.0 Å². The quantitative estimate of drug-likeness (QED) is 0.902. The van der Waals surface area contributed by atoms with E-state index in [4.69, 9.17) is 4.74 Å². The summed E-state index contributed by atoms with van der Waals surface area (Å²) in [6.07, 6.45) is 0.814. The Morgan fingerprint density at radius 3 is 3.11 bits per heavy atom. The molecule has 100 valence electrons. The van der Waals surface area contributed by atoms with Gasteiger partial charge in [-0.2, -0.15) is 0 Å². The van der Waals surface area contributed by atoms with Gasteiger partial charge in [0.15, 0.2) is 0 Å². The molecule has 1 aromatic heterocycles. The Bertz CT molecular complexity index is 600. The van der Waals surface area contributed by atoms with Crippen molar-refractivity contribution in [3.63, 3.8) is 0 Å². The second kappa shape index (κ2) is 5.01. The number of ether oxygens (including phenoxy) is 1. The highest BCUT2D eigenvalue weighted by atomic mass is 16.5. The summed E-state index contributed by atoms with van der Waals surface area (Å²) in [7, 11) is 1.97. The number of para-hydroxylation sites is 2. The number of aromatic nitrogens is 2. The molecule has 1 aliphatic heterocycles. The van der Waals surface area contributed by atoms with Gasteiger partial charge in [0.1, 0.15) is 5.82 Å². The maximum Gasteiger partial charge on any atom is 0.225 e. The van der Waals surface area contributed by atoms with Gasteiger partial charge in [-0.1, -0.05) is 12.1 Å². The third-order valence-corrected chi connectivity index (χ3v) is 3.60. The van der Waals surface area contributed by atoms with E-state index in [1.807, 2.05) is 35.9 Å². The van der Waals surface area contributed by atoms with Crippen molar-refractivity contribution >= 4 is 16.9 Å². The molecule has 1 N–H and O–H groups in total. The van der Waals surface area contributed by atoms with E-state index < -0.39 is 0 Å². The van der Waals surface area contributed by atoms with E-state index in [9.17, 15) is 4.79 Å². The monoisotopic (exact) mass is 259 g/mol. The van der Waals surface area contributed by atoms with E-state index in [1.165, 1.54) is 0 Å². The highest BCUT2D eigenvalue weighted by molar-refractivity contribution is 5.79. The van der Waals surface area contributed by atoms with Gasteiger partial charge in [0.2, 0.25) is 5.91 Å². The first-order valence-electron chi connectivity index (χ1n) is 6.51. The minimum atomic E-state index is -0.00492. The first kappa shape index (κ1) is 12.2. The zero-order chi connectivity index (χ0) is 13.2. The van der Waals surface area contributed by atoms with E-state index in [1.54, 1.807) is 0 Å². The van der Waals surface area contributed by atoms with Crippen LogP contribution < -0.4 is 5.32 Å². The highest BCUT2D eigenvalue weighted by Crippen LogP contribution is 2.15. The Hall–Kier alpha value is -1.88. The van der Waals surface area contributed by atoms with Crippen LogP contribution in [0.1, 0.15) is 12.2 Å². The fourth-order valence-corrected chi connectivity index (χ4v) is 2.41. The van der Waals surface area contributed by atoms with Crippen molar-refractivity contribution in [1.29, 1.82) is 0 Å². The van der Waals surface area contributed by atoms with Gasteiger partial charge < -0.3 is 14.6 Å². The Balaban J connectivity index is 1.71. The molecule has 2 heterocycles. The largest absolute Gasteiger partial charge is 0.381 e. The Morgan fingerprint density at radius 2 is 2.37 bits per heavy atom. The molecule has 1 aromatic carbocycles. The summed E-state index contributed by atoms with van der Waals surface area (Å²) in [6.45, 7) is 1.68. The number of carbonyl (C=O) groups is 1. The smallest absolute Gasteiger partial charge is 0.225 e. The maximum atomic E-state index is 11.9. The fraction of sp³-hybridized carbons (Fsp3) is 0.429. The molecule has 1 amide bonds. The lowest BCUT2D eigenvalue weighted by Crippen LogP contribution is -2.31. The van der Waals surface area contributed by atoms with Crippen molar-refractivity contribution in [3.8, 4) is 0 Å². The Kier molecular flexibility index (Phi) is 3.21. The molecule has 1 fully saturated rings. The molecule has 0 spiro atoms. The third-order valence-electron chi connectivity index (χ3n) is 3.60. The molecule has 1 atom stereocenters. The molecule has 3 rings (SSSR count). The SMILES string of the molecule is Cn1c(CNC(=O)C2CCOC2)nc2ccccc21. The fourth-order valence-electron chi connectivity index (χ4n) is 2.41. The van der Waals surface area contributed by atoms with E-state index in [2.05, 4.69) is 10.3 Å². The molecule has 19 heavy (non-hydrogen) atoms. The van der Waals surface area contributed by atoms with Crippen molar-refractivity contribution in [2.24, 2.45) is 13.0 Å². The number of aryl methyl sites for hydroxylation is 1. The molecule has 1 unspecified atom stereocenters. The molecule has 1 aliphatic rings. The van der Waals surface area contributed by atoms with Crippen molar-refractivity contribution in [3.05, 3.63) is 30.1 Å². The topological polar surface area (TPSA) is 56.2 Å². The third kappa shape index (κ3) is 2.33. The minimum Gasteiger partial charge on any atom is -0.381 e. The van der Waals surface area contributed by atoms with Gasteiger partial charge in [-0.05, 0) is 18.6 Å². The number of rotatable bonds is 3. The van der Waals surface area contributed by atoms with Crippen LogP contribution in [0.5, 0.6) is 0 Å². The minimum absolute atomic E-state index is 0.00492. The van der Waals surface area contributed by atoms with Crippen molar-refractivity contribution in [1.82, 2.24) is 14.9 Å². The van der Waals surface area contributed by atoms with Gasteiger partial charge in [0, 0.05) is 13.7 Å². The molecular weight excluding hydrogens is 242 g/mol. The summed E-state index contributed by atoms with van der Waals surface area (Å²) < 4.78 is 7.23. The van der Waals surface area contributed by atoms with Crippen LogP contribution in [-0.2, 0) is 23.1 Å². The summed E-state index contributed by atoms with van der Waals surface area (Å²) in [5.74, 6) is 0.924. The highest BCUT2D eigenvalue weighted by Gasteiger charge is 2.23. The summed E-state index contributed by atoms with van der Waals surface area (Å²) in [5, 5.41) is 2.94. The average molecular weight is 259 g/mol. The van der Waals surface area contributed by atoms with Crippen LogP contribution in [0.3, 0.4) is 0 Å². The average Bonchev–Trinajstić information content (AvgIpc) is 3.05. The van der Waals surface area contributed by atoms with E-state index >= 15 is 0 Å². The first-order valence-corrected chi connectivity index (χ1v) is 6.51. The van der Waals surface area contributed by atoms with Crippen LogP contribution in [0.2, 0.25) is 0 Å². The lowest BCUT2D eigenvalue weighted by atomic mass is 10.1. The molecular formula is C14H17N3O2. The predicted octanol–water partition coefficient (Wildman–Crippen LogP) is 1.23. The number of benzene rings is 1. The molecule has 0 bridgehead atoms. The predicted molar refractivity (Wildman–Crippen MR) is 71.5 cm³/mol. The van der Waals surface area contributed by atoms with Gasteiger partial charge in [0.05, 0.1) is 30.1 Å². The van der Waals surface area contributed by atoms with E-state index in [0.29, 0.717) is 19.8 Å². The van der Waals surface area contributed by atoms with Crippen LogP contribution in [0.15, 0.2) is 24.3 Å². The van der Waals surface area contributed by atoms with Gasteiger partial charge in [-0.3, -0.25) is 4.79 Å². The van der Waals surface area contributed by atoms with Crippen molar-refractivity contribution < 1.29 is 9.53 Å². The second-order valence-electron chi connectivity index (χ2n) is 4.85. The van der Waals surface area contributed by atoms with Crippen LogP contribution >= 0.6 is 0 Å². The summed E-state index contributed by atoms with van der Waals surface area (Å²) in [5.41, 5.74) is 2.04. The molecule has 1 saturated heterocycles. The van der Waals surface area contributed by atoms with Crippen molar-refractivity contribution in [2.75, 3.05) is 13.2 Å². The molecule has 0 saturated carbocycles. The molecule has 2 aromatic rings. The van der Waals surface area contributed by atoms with E-state index in [-0.39, 0.29) is 11.8 Å². The number of carbonyl (C=O) groups excluding carboxylic acids is 1. The van der Waals surface area contributed by atoms with Crippen LogP contribution in [0.4, 0.5) is 0 Å². The lowest BCUT2D eigenvalue weighted by molar-refractivity contribution is -0.125. The molecule has 0 aliphatic carbocycles.